The van der Waals surface area contributed by atoms with Gasteiger partial charge in [-0.1, -0.05) is 37.6 Å². The standard InChI is InChI=1S/C19H26N2O2S/c1-12-6-7-15(13(2)10-12)18-21-14(3)16(24-18)17(23)20-11-19(4,5)8-9-22/h6-7,10,22H,8-9,11H2,1-5H3,(H,20,23). The van der Waals surface area contributed by atoms with Gasteiger partial charge in [0.15, 0.2) is 0 Å². The predicted octanol–water partition coefficient (Wildman–Crippen LogP) is 3.87. The average Bonchev–Trinajstić information content (AvgIpc) is 2.86. The second-order valence-corrected chi connectivity index (χ2v) is 8.07. The molecular weight excluding hydrogens is 320 g/mol. The number of nitrogens with one attached hydrogen (secondary N) is 1. The molecule has 2 N–H and O–H groups in total. The van der Waals surface area contributed by atoms with Crippen LogP contribution in [-0.2, 0) is 0 Å². The first kappa shape index (κ1) is 18.6. The van der Waals surface area contributed by atoms with Gasteiger partial charge in [0.1, 0.15) is 9.88 Å². The summed E-state index contributed by atoms with van der Waals surface area (Å²) < 4.78 is 0. The van der Waals surface area contributed by atoms with Gasteiger partial charge in [0.05, 0.1) is 5.69 Å². The highest BCUT2D eigenvalue weighted by molar-refractivity contribution is 7.17. The van der Waals surface area contributed by atoms with Gasteiger partial charge >= 0.3 is 0 Å². The van der Waals surface area contributed by atoms with Crippen LogP contribution in [0.5, 0.6) is 0 Å². The van der Waals surface area contributed by atoms with E-state index in [1.807, 2.05) is 20.8 Å². The highest BCUT2D eigenvalue weighted by Gasteiger charge is 2.21. The Morgan fingerprint density at radius 3 is 2.62 bits per heavy atom. The molecule has 4 nitrogen and oxygen atoms in total. The molecule has 0 atom stereocenters. The zero-order valence-electron chi connectivity index (χ0n) is 15.1. The second-order valence-electron chi connectivity index (χ2n) is 7.07. The number of aliphatic hydroxyl groups excluding tert-OH is 1. The van der Waals surface area contributed by atoms with E-state index in [1.165, 1.54) is 22.5 Å². The lowest BCUT2D eigenvalue weighted by Gasteiger charge is -2.23. The first-order valence-corrected chi connectivity index (χ1v) is 8.99. The molecule has 1 aromatic heterocycles. The molecule has 2 aromatic rings. The molecular formula is C19H26N2O2S. The Labute approximate surface area is 148 Å². The van der Waals surface area contributed by atoms with Crippen molar-refractivity contribution in [2.24, 2.45) is 5.41 Å². The molecule has 5 heteroatoms. The number of amides is 1. The van der Waals surface area contributed by atoms with Crippen molar-refractivity contribution in [3.8, 4) is 10.6 Å². The summed E-state index contributed by atoms with van der Waals surface area (Å²) in [6.45, 7) is 10.7. The van der Waals surface area contributed by atoms with Crippen LogP contribution in [0.25, 0.3) is 10.6 Å². The number of carbonyl (C=O) groups excluding carboxylic acids is 1. The number of carbonyl (C=O) groups is 1. The summed E-state index contributed by atoms with van der Waals surface area (Å²) in [7, 11) is 0. The fourth-order valence-electron chi connectivity index (χ4n) is 2.57. The molecule has 130 valence electrons. The fraction of sp³-hybridized carbons (Fsp3) is 0.474. The van der Waals surface area contributed by atoms with Crippen molar-refractivity contribution < 1.29 is 9.90 Å². The zero-order chi connectivity index (χ0) is 17.9. The number of benzene rings is 1. The van der Waals surface area contributed by atoms with Gasteiger partial charge < -0.3 is 10.4 Å². The molecule has 1 amide bonds. The van der Waals surface area contributed by atoms with Gasteiger partial charge in [-0.2, -0.15) is 0 Å². The van der Waals surface area contributed by atoms with Crippen molar-refractivity contribution in [3.63, 3.8) is 0 Å². The van der Waals surface area contributed by atoms with Crippen molar-refractivity contribution >= 4 is 17.2 Å². The number of aliphatic hydroxyl groups is 1. The first-order valence-electron chi connectivity index (χ1n) is 8.17. The van der Waals surface area contributed by atoms with Crippen LogP contribution < -0.4 is 5.32 Å². The number of rotatable bonds is 6. The highest BCUT2D eigenvalue weighted by atomic mass is 32.1. The minimum absolute atomic E-state index is 0.0907. The maximum Gasteiger partial charge on any atom is 0.263 e. The molecule has 0 aliphatic rings. The molecule has 0 spiro atoms. The Kier molecular flexibility index (Phi) is 5.78. The molecule has 0 saturated carbocycles. The molecule has 0 radical (unpaired) electrons. The lowest BCUT2D eigenvalue weighted by molar-refractivity contribution is 0.0931. The van der Waals surface area contributed by atoms with Crippen molar-refractivity contribution in [2.75, 3.05) is 13.2 Å². The summed E-state index contributed by atoms with van der Waals surface area (Å²) in [6.07, 6.45) is 0.656. The number of aromatic nitrogens is 1. The Bertz CT molecular complexity index is 735. The Morgan fingerprint density at radius 1 is 1.29 bits per heavy atom. The van der Waals surface area contributed by atoms with E-state index in [1.54, 1.807) is 0 Å². The van der Waals surface area contributed by atoms with Gasteiger partial charge in [-0.25, -0.2) is 4.98 Å². The summed E-state index contributed by atoms with van der Waals surface area (Å²) >= 11 is 1.43. The SMILES string of the molecule is Cc1ccc(-c2nc(C)c(C(=O)NCC(C)(C)CCO)s2)c(C)c1. The number of hydrogen-bond acceptors (Lipinski definition) is 4. The van der Waals surface area contributed by atoms with Gasteiger partial charge in [0, 0.05) is 18.7 Å². The summed E-state index contributed by atoms with van der Waals surface area (Å²) in [5.74, 6) is -0.0907. The number of nitrogens with zero attached hydrogens (tertiary/aromatic N) is 1. The van der Waals surface area contributed by atoms with Gasteiger partial charge in [-0.3, -0.25) is 4.79 Å². The number of aryl methyl sites for hydroxylation is 3. The summed E-state index contributed by atoms with van der Waals surface area (Å²) in [6, 6.07) is 6.26. The van der Waals surface area contributed by atoms with E-state index in [0.717, 1.165) is 16.3 Å². The average molecular weight is 346 g/mol. The quantitative estimate of drug-likeness (QED) is 0.834. The van der Waals surface area contributed by atoms with Crippen LogP contribution in [0, 0.1) is 26.2 Å². The summed E-state index contributed by atoms with van der Waals surface area (Å²) in [5.41, 5.74) is 4.09. The smallest absolute Gasteiger partial charge is 0.263 e. The maximum absolute atomic E-state index is 12.5. The fourth-order valence-corrected chi connectivity index (χ4v) is 3.64. The van der Waals surface area contributed by atoms with Crippen molar-refractivity contribution in [3.05, 3.63) is 39.9 Å². The zero-order valence-corrected chi connectivity index (χ0v) is 15.9. The van der Waals surface area contributed by atoms with Gasteiger partial charge in [0.25, 0.3) is 5.91 Å². The lowest BCUT2D eigenvalue weighted by Crippen LogP contribution is -2.34. The summed E-state index contributed by atoms with van der Waals surface area (Å²) in [4.78, 5) is 17.7. The molecule has 0 aliphatic carbocycles. The van der Waals surface area contributed by atoms with Crippen LogP contribution in [0.1, 0.15) is 46.8 Å². The van der Waals surface area contributed by atoms with E-state index in [2.05, 4.69) is 42.3 Å². The van der Waals surface area contributed by atoms with Gasteiger partial charge in [0.2, 0.25) is 0 Å². The van der Waals surface area contributed by atoms with Crippen LogP contribution >= 0.6 is 11.3 Å². The highest BCUT2D eigenvalue weighted by Crippen LogP contribution is 2.30. The van der Waals surface area contributed by atoms with Gasteiger partial charge in [-0.05, 0) is 38.2 Å². The van der Waals surface area contributed by atoms with E-state index >= 15 is 0 Å². The molecule has 24 heavy (non-hydrogen) atoms. The second kappa shape index (κ2) is 7.45. The molecule has 0 unspecified atom stereocenters. The molecule has 1 aromatic carbocycles. The van der Waals surface area contributed by atoms with Crippen LogP contribution in [0.15, 0.2) is 18.2 Å². The third-order valence-corrected chi connectivity index (χ3v) is 5.32. The molecule has 2 rings (SSSR count). The number of thiazole rings is 1. The van der Waals surface area contributed by atoms with Crippen molar-refractivity contribution in [1.82, 2.24) is 10.3 Å². The Balaban J connectivity index is 2.18. The first-order chi connectivity index (χ1) is 11.2. The van der Waals surface area contributed by atoms with E-state index in [4.69, 9.17) is 5.11 Å². The van der Waals surface area contributed by atoms with Crippen LogP contribution in [0.3, 0.4) is 0 Å². The van der Waals surface area contributed by atoms with Gasteiger partial charge in [-0.15, -0.1) is 11.3 Å². The minimum Gasteiger partial charge on any atom is -0.396 e. The minimum atomic E-state index is -0.126. The molecule has 0 bridgehead atoms. The van der Waals surface area contributed by atoms with E-state index < -0.39 is 0 Å². The predicted molar refractivity (Wildman–Crippen MR) is 99.6 cm³/mol. The molecule has 0 aliphatic heterocycles. The molecule has 1 heterocycles. The molecule has 0 saturated heterocycles. The van der Waals surface area contributed by atoms with Crippen LogP contribution in [0.2, 0.25) is 0 Å². The van der Waals surface area contributed by atoms with Crippen LogP contribution in [-0.4, -0.2) is 29.1 Å². The Morgan fingerprint density at radius 2 is 2.00 bits per heavy atom. The molecule has 0 fully saturated rings. The van der Waals surface area contributed by atoms with E-state index in [0.29, 0.717) is 17.8 Å². The van der Waals surface area contributed by atoms with Crippen molar-refractivity contribution in [1.29, 1.82) is 0 Å². The largest absolute Gasteiger partial charge is 0.396 e. The van der Waals surface area contributed by atoms with E-state index in [-0.39, 0.29) is 17.9 Å². The van der Waals surface area contributed by atoms with Crippen molar-refractivity contribution in [2.45, 2.75) is 41.0 Å². The Hall–Kier alpha value is -1.72. The van der Waals surface area contributed by atoms with Crippen LogP contribution in [0.4, 0.5) is 0 Å². The normalized spacial score (nSPS) is 11.6. The summed E-state index contributed by atoms with van der Waals surface area (Å²) in [5, 5.41) is 12.9. The lowest BCUT2D eigenvalue weighted by atomic mass is 9.90. The maximum atomic E-state index is 12.5. The third kappa shape index (κ3) is 4.42. The number of hydrogen-bond donors (Lipinski definition) is 2. The van der Waals surface area contributed by atoms with E-state index in [9.17, 15) is 4.79 Å². The third-order valence-electron chi connectivity index (χ3n) is 4.13. The monoisotopic (exact) mass is 346 g/mol. The topological polar surface area (TPSA) is 62.2 Å².